The summed E-state index contributed by atoms with van der Waals surface area (Å²) in [5.41, 5.74) is -4.44. The van der Waals surface area contributed by atoms with Crippen LogP contribution in [0.5, 0.6) is 0 Å². The van der Waals surface area contributed by atoms with Crippen LogP contribution in [-0.4, -0.2) is 47.8 Å². The zero-order valence-electron chi connectivity index (χ0n) is 9.90. The Kier molecular flexibility index (Phi) is 2.22. The zero-order valence-corrected chi connectivity index (χ0v) is 9.90. The summed E-state index contributed by atoms with van der Waals surface area (Å²) in [5.74, 6) is -9.08. The van der Waals surface area contributed by atoms with Crippen molar-refractivity contribution < 1.29 is 57.3 Å². The number of cyclic esters (lactones) is 8. The van der Waals surface area contributed by atoms with Gasteiger partial charge >= 0.3 is 58.6 Å². The minimum absolute atomic E-state index is 1.14. The largest absolute Gasteiger partial charge is 0.390 e. The highest BCUT2D eigenvalue weighted by atomic mass is 16.7. The molecule has 0 atom stereocenters. The molecule has 0 aromatic rings. The van der Waals surface area contributed by atoms with Crippen LogP contribution in [0.3, 0.4) is 0 Å². The average Bonchev–Trinajstić information content (AvgIpc) is 2.38. The van der Waals surface area contributed by atoms with Gasteiger partial charge in [-0.2, -0.15) is 0 Å². The first-order chi connectivity index (χ1) is 10.2. The van der Waals surface area contributed by atoms with Crippen LogP contribution in [0.15, 0.2) is 0 Å². The molecule has 112 valence electrons. The SMILES string of the molecule is O=C1OC(=O)C12C(=O)OC2=O.O=C1OC(=O)C12C(=O)OC2=O. The van der Waals surface area contributed by atoms with Crippen LogP contribution in [0.25, 0.3) is 0 Å². The highest BCUT2D eigenvalue weighted by Gasteiger charge is 2.80. The molecule has 2 spiro atoms. The molecule has 12 nitrogen and oxygen atoms in total. The molecule has 0 aromatic heterocycles. The Bertz CT molecular complexity index is 563. The number of carbonyl (C=O) groups is 8. The van der Waals surface area contributed by atoms with Crippen LogP contribution >= 0.6 is 0 Å². The van der Waals surface area contributed by atoms with E-state index >= 15 is 0 Å². The summed E-state index contributed by atoms with van der Waals surface area (Å²) in [4.78, 5) is 84.0. The fraction of sp³-hybridized carbons (Fsp3) is 0.200. The number of rotatable bonds is 0. The second-order valence-electron chi connectivity index (χ2n) is 4.21. The molecule has 0 N–H and O–H groups in total. The Balaban J connectivity index is 0.000000131. The fourth-order valence-electron chi connectivity index (χ4n) is 1.76. The maximum Gasteiger partial charge on any atom is 0.357 e. The predicted octanol–water partition coefficient (Wildman–Crippen LogP) is -3.72. The molecule has 0 radical (unpaired) electrons. The van der Waals surface area contributed by atoms with Gasteiger partial charge in [0.1, 0.15) is 0 Å². The van der Waals surface area contributed by atoms with Crippen molar-refractivity contribution >= 4 is 47.8 Å². The lowest BCUT2D eigenvalue weighted by molar-refractivity contribution is -0.227. The van der Waals surface area contributed by atoms with Gasteiger partial charge in [0, 0.05) is 0 Å². The Morgan fingerprint density at radius 2 is 0.500 bits per heavy atom. The zero-order chi connectivity index (χ0) is 16.4. The van der Waals surface area contributed by atoms with E-state index in [1.54, 1.807) is 0 Å². The van der Waals surface area contributed by atoms with E-state index in [4.69, 9.17) is 0 Å². The fourth-order valence-corrected chi connectivity index (χ4v) is 1.76. The molecule has 4 fully saturated rings. The number of hydrogen-bond acceptors (Lipinski definition) is 12. The lowest BCUT2D eigenvalue weighted by atomic mass is 9.80. The number of ether oxygens (including phenoxy) is 4. The van der Waals surface area contributed by atoms with E-state index in [9.17, 15) is 38.4 Å². The third-order valence-electron chi connectivity index (χ3n) is 3.19. The van der Waals surface area contributed by atoms with Gasteiger partial charge < -0.3 is 18.9 Å². The van der Waals surface area contributed by atoms with Crippen LogP contribution in [0, 0.1) is 10.8 Å². The van der Waals surface area contributed by atoms with Gasteiger partial charge in [0.2, 0.25) is 0 Å². The summed E-state index contributed by atoms with van der Waals surface area (Å²) in [6.45, 7) is 0. The van der Waals surface area contributed by atoms with Crippen molar-refractivity contribution in [1.29, 1.82) is 0 Å². The first-order valence-corrected chi connectivity index (χ1v) is 5.27. The number of hydrogen-bond donors (Lipinski definition) is 0. The van der Waals surface area contributed by atoms with Gasteiger partial charge in [-0.25, -0.2) is 38.4 Å². The van der Waals surface area contributed by atoms with E-state index in [-0.39, 0.29) is 0 Å². The van der Waals surface area contributed by atoms with Crippen LogP contribution < -0.4 is 0 Å². The van der Waals surface area contributed by atoms with Gasteiger partial charge in [0.25, 0.3) is 0 Å². The van der Waals surface area contributed by atoms with Crippen molar-refractivity contribution in [3.05, 3.63) is 0 Å². The molecule has 0 aromatic carbocycles. The van der Waals surface area contributed by atoms with Crippen LogP contribution in [0.2, 0.25) is 0 Å². The Labute approximate surface area is 117 Å². The molecule has 4 aliphatic heterocycles. The second kappa shape index (κ2) is 3.60. The van der Waals surface area contributed by atoms with Gasteiger partial charge in [-0.3, -0.25) is 0 Å². The minimum atomic E-state index is -2.22. The molecule has 0 unspecified atom stereocenters. The highest BCUT2D eigenvalue weighted by molar-refractivity contribution is 6.46. The maximum absolute atomic E-state index is 10.5. The molecule has 12 heteroatoms. The monoisotopic (exact) mass is 312 g/mol. The van der Waals surface area contributed by atoms with E-state index in [2.05, 4.69) is 18.9 Å². The summed E-state index contributed by atoms with van der Waals surface area (Å²) in [7, 11) is 0. The van der Waals surface area contributed by atoms with Crippen molar-refractivity contribution in [3.63, 3.8) is 0 Å². The first kappa shape index (κ1) is 13.5. The maximum atomic E-state index is 10.5. The third kappa shape index (κ3) is 1.09. The molecular formula is C10O12. The lowest BCUT2D eigenvalue weighted by Crippen LogP contribution is -2.71. The van der Waals surface area contributed by atoms with E-state index in [1.807, 2.05) is 0 Å². The van der Waals surface area contributed by atoms with Crippen molar-refractivity contribution in [3.8, 4) is 0 Å². The van der Waals surface area contributed by atoms with Crippen molar-refractivity contribution in [2.24, 2.45) is 10.8 Å². The summed E-state index contributed by atoms with van der Waals surface area (Å²) < 4.78 is 15.4. The highest BCUT2D eigenvalue weighted by Crippen LogP contribution is 2.41. The molecular weight excluding hydrogens is 312 g/mol. The molecule has 4 aliphatic rings. The normalized spacial score (nSPS) is 25.5. The minimum Gasteiger partial charge on any atom is -0.390 e. The van der Waals surface area contributed by atoms with Crippen LogP contribution in [-0.2, 0) is 57.3 Å². The summed E-state index contributed by atoms with van der Waals surface area (Å²) in [6, 6.07) is 0. The second-order valence-corrected chi connectivity index (χ2v) is 4.21. The van der Waals surface area contributed by atoms with Crippen molar-refractivity contribution in [2.45, 2.75) is 0 Å². The number of esters is 8. The molecule has 4 heterocycles. The van der Waals surface area contributed by atoms with Gasteiger partial charge in [0.05, 0.1) is 0 Å². The third-order valence-corrected chi connectivity index (χ3v) is 3.19. The molecule has 0 bridgehead atoms. The molecule has 4 rings (SSSR count). The Hall–Kier alpha value is -3.44. The Morgan fingerprint density at radius 1 is 0.364 bits per heavy atom. The topological polar surface area (TPSA) is 173 Å². The van der Waals surface area contributed by atoms with Gasteiger partial charge in [0.15, 0.2) is 0 Å². The van der Waals surface area contributed by atoms with Crippen molar-refractivity contribution in [2.75, 3.05) is 0 Å². The van der Waals surface area contributed by atoms with E-state index in [0.717, 1.165) is 0 Å². The lowest BCUT2D eigenvalue weighted by Gasteiger charge is -2.36. The molecule has 22 heavy (non-hydrogen) atoms. The van der Waals surface area contributed by atoms with E-state index in [0.29, 0.717) is 0 Å². The summed E-state index contributed by atoms with van der Waals surface area (Å²) in [6.07, 6.45) is 0. The Morgan fingerprint density at radius 3 is 0.545 bits per heavy atom. The average molecular weight is 312 g/mol. The van der Waals surface area contributed by atoms with Crippen LogP contribution in [0.1, 0.15) is 0 Å². The van der Waals surface area contributed by atoms with E-state index < -0.39 is 58.6 Å². The van der Waals surface area contributed by atoms with Gasteiger partial charge in [-0.15, -0.1) is 0 Å². The van der Waals surface area contributed by atoms with E-state index in [1.165, 1.54) is 0 Å². The van der Waals surface area contributed by atoms with Crippen LogP contribution in [0.4, 0.5) is 0 Å². The molecule has 0 amide bonds. The summed E-state index contributed by atoms with van der Waals surface area (Å²) >= 11 is 0. The molecule has 0 saturated carbocycles. The van der Waals surface area contributed by atoms with Gasteiger partial charge in [-0.1, -0.05) is 0 Å². The van der Waals surface area contributed by atoms with Crippen molar-refractivity contribution in [1.82, 2.24) is 0 Å². The summed E-state index contributed by atoms with van der Waals surface area (Å²) in [5, 5.41) is 0. The molecule has 0 aliphatic carbocycles. The first-order valence-electron chi connectivity index (χ1n) is 5.27. The molecule has 4 saturated heterocycles. The quantitative estimate of drug-likeness (QED) is 0.243. The smallest absolute Gasteiger partial charge is 0.357 e. The predicted molar refractivity (Wildman–Crippen MR) is 49.3 cm³/mol. The standard InChI is InChI=1S/2C5O6/c2*6-1-5(2(7)10-1)3(8)11-4(5)9. The number of carbonyl (C=O) groups excluding carboxylic acids is 8. The van der Waals surface area contributed by atoms with Gasteiger partial charge in [-0.05, 0) is 0 Å².